The first-order valence-corrected chi connectivity index (χ1v) is 22.4. The molecule has 0 saturated carbocycles. The first-order valence-electron chi connectivity index (χ1n) is 20.9. The molecule has 0 unspecified atom stereocenters. The zero-order chi connectivity index (χ0) is 47.2. The van der Waals surface area contributed by atoms with Crippen molar-refractivity contribution in [3.8, 4) is 5.75 Å². The molecule has 2 bridgehead atoms. The van der Waals surface area contributed by atoms with Gasteiger partial charge in [-0.3, -0.25) is 28.3 Å². The molecule has 21 heteroatoms. The molecule has 1 fully saturated rings. The van der Waals surface area contributed by atoms with Gasteiger partial charge in [0.05, 0.1) is 25.0 Å². The van der Waals surface area contributed by atoms with Crippen LogP contribution in [0.3, 0.4) is 0 Å². The van der Waals surface area contributed by atoms with Gasteiger partial charge in [-0.25, -0.2) is 27.5 Å². The number of aromatic nitrogens is 1. The monoisotopic (exact) mass is 935 g/mol. The lowest BCUT2D eigenvalue weighted by atomic mass is 9.84. The van der Waals surface area contributed by atoms with Crippen molar-refractivity contribution in [3.05, 3.63) is 135 Å². The Labute approximate surface area is 377 Å². The number of amides is 3. The summed E-state index contributed by atoms with van der Waals surface area (Å²) in [6.45, 7) is 2.54. The fourth-order valence-electron chi connectivity index (χ4n) is 7.74. The van der Waals surface area contributed by atoms with Crippen LogP contribution >= 0.6 is 7.82 Å². The van der Waals surface area contributed by atoms with Crippen LogP contribution in [0.2, 0.25) is 0 Å². The van der Waals surface area contributed by atoms with E-state index in [-0.39, 0.29) is 37.1 Å². The normalized spacial score (nSPS) is 19.2. The second-order valence-electron chi connectivity index (χ2n) is 16.0. The second kappa shape index (κ2) is 20.4. The maximum Gasteiger partial charge on any atom is 0.478 e. The van der Waals surface area contributed by atoms with Crippen molar-refractivity contribution < 1.29 is 65.1 Å². The van der Waals surface area contributed by atoms with Crippen molar-refractivity contribution >= 4 is 37.4 Å². The van der Waals surface area contributed by atoms with Gasteiger partial charge < -0.3 is 33.8 Å². The first-order chi connectivity index (χ1) is 31.6. The van der Waals surface area contributed by atoms with Gasteiger partial charge in [-0.1, -0.05) is 71.9 Å². The van der Waals surface area contributed by atoms with E-state index in [0.717, 1.165) is 17.0 Å². The summed E-state index contributed by atoms with van der Waals surface area (Å²) in [6, 6.07) is 18.2. The standard InChI is InChI=1S/C45H48F2N5O13P/c1-28-20-45(65-49-28)18-17-29(2)51-23-37(45)52-22-35(41(54)48-21-33-15-16-34(46)19-36(33)47)39(53)40(38(52)42(51)55)59-26-60-43(56)30(3)50(4)44(57)61-27-64-66(58,62-24-31-11-7-5-8-12-31)63-25-32-13-9-6-10-14-32/h5-16,19,22,29-30,37H,17-18,20-21,23-27H2,1-4H3,(H,48,54)/t29-,30-,37+,45-/m0/s1. The SMILES string of the molecule is CC1=NO[C@@]2(CC[C@H](C)N3C[C@H]2n2cc(C(=O)NCc4ccc(F)cc4F)c(=O)c(OCOC(=O)[C@H](C)N(C)C(=O)OCOP(=O)(OCc4ccccc4)OCc4ccccc4)c2C3=O)C1. The zero-order valence-corrected chi connectivity index (χ0v) is 37.4. The maximum atomic E-state index is 14.5. The molecular weight excluding hydrogens is 887 g/mol. The molecule has 1 spiro atoms. The van der Waals surface area contributed by atoms with Crippen molar-refractivity contribution in [1.29, 1.82) is 0 Å². The highest BCUT2D eigenvalue weighted by molar-refractivity contribution is 7.48. The Bertz CT molecular complexity index is 2550. The van der Waals surface area contributed by atoms with Gasteiger partial charge in [-0.05, 0) is 50.8 Å². The van der Waals surface area contributed by atoms with Crippen LogP contribution in [0.5, 0.6) is 5.75 Å². The van der Waals surface area contributed by atoms with Crippen molar-refractivity contribution in [2.24, 2.45) is 5.16 Å². The average Bonchev–Trinajstić information content (AvgIpc) is 3.65. The molecule has 66 heavy (non-hydrogen) atoms. The summed E-state index contributed by atoms with van der Waals surface area (Å²) in [5, 5.41) is 6.68. The highest BCUT2D eigenvalue weighted by Crippen LogP contribution is 2.51. The van der Waals surface area contributed by atoms with E-state index in [0.29, 0.717) is 42.2 Å². The Morgan fingerprint density at radius 2 is 1.64 bits per heavy atom. The minimum Gasteiger partial charge on any atom is -0.451 e. The molecule has 1 aromatic heterocycles. The summed E-state index contributed by atoms with van der Waals surface area (Å²) in [6.07, 6.45) is 1.51. The number of oxime groups is 1. The number of phosphoric ester groups is 1. The van der Waals surface area contributed by atoms with E-state index in [2.05, 4.69) is 10.5 Å². The average molecular weight is 936 g/mol. The Morgan fingerprint density at radius 3 is 2.26 bits per heavy atom. The summed E-state index contributed by atoms with van der Waals surface area (Å²) in [5.41, 5.74) is -0.750. The minimum absolute atomic E-state index is 0.0584. The lowest BCUT2D eigenvalue weighted by molar-refractivity contribution is -0.155. The van der Waals surface area contributed by atoms with Gasteiger partial charge in [-0.15, -0.1) is 0 Å². The number of fused-ring (bicyclic) bond motifs is 5. The molecule has 3 amide bonds. The molecular formula is C45H48F2N5O13P. The molecule has 3 aliphatic heterocycles. The molecule has 350 valence electrons. The minimum atomic E-state index is -4.32. The number of rotatable bonds is 17. The van der Waals surface area contributed by atoms with Crippen LogP contribution < -0.4 is 15.5 Å². The third kappa shape index (κ3) is 10.6. The van der Waals surface area contributed by atoms with E-state index in [1.54, 1.807) is 72.5 Å². The van der Waals surface area contributed by atoms with Crippen molar-refractivity contribution in [3.63, 3.8) is 0 Å². The third-order valence-corrected chi connectivity index (χ3v) is 12.9. The number of halogens is 2. The molecule has 7 rings (SSSR count). The van der Waals surface area contributed by atoms with Crippen LogP contribution in [-0.2, 0) is 57.0 Å². The maximum absolute atomic E-state index is 14.5. The van der Waals surface area contributed by atoms with E-state index < -0.39 is 97.9 Å². The number of ether oxygens (including phenoxy) is 3. The Balaban J connectivity index is 1.04. The summed E-state index contributed by atoms with van der Waals surface area (Å²) in [5.74, 6) is -4.95. The number of pyridine rings is 1. The highest BCUT2D eigenvalue weighted by atomic mass is 31.2. The van der Waals surface area contributed by atoms with Crippen LogP contribution in [0.4, 0.5) is 13.6 Å². The number of benzene rings is 3. The summed E-state index contributed by atoms with van der Waals surface area (Å²) in [4.78, 5) is 77.0. The number of likely N-dealkylation sites (N-methyl/N-ethyl adjacent to an activating group) is 1. The van der Waals surface area contributed by atoms with E-state index in [4.69, 9.17) is 32.6 Å². The predicted octanol–water partition coefficient (Wildman–Crippen LogP) is 6.62. The van der Waals surface area contributed by atoms with Gasteiger partial charge in [-0.2, -0.15) is 0 Å². The van der Waals surface area contributed by atoms with Crippen LogP contribution in [-0.4, -0.2) is 88.8 Å². The van der Waals surface area contributed by atoms with E-state index in [9.17, 15) is 37.3 Å². The number of carbonyl (C=O) groups excluding carboxylic acids is 4. The second-order valence-corrected chi connectivity index (χ2v) is 17.7. The molecule has 18 nitrogen and oxygen atoms in total. The largest absolute Gasteiger partial charge is 0.478 e. The van der Waals surface area contributed by atoms with Crippen molar-refractivity contribution in [2.75, 3.05) is 27.2 Å². The number of carbonyl (C=O) groups is 4. The fourth-order valence-corrected chi connectivity index (χ4v) is 8.76. The topological polar surface area (TPSA) is 203 Å². The van der Waals surface area contributed by atoms with E-state index in [1.807, 2.05) is 6.92 Å². The predicted molar refractivity (Wildman–Crippen MR) is 230 cm³/mol. The van der Waals surface area contributed by atoms with Crippen LogP contribution in [0.25, 0.3) is 0 Å². The summed E-state index contributed by atoms with van der Waals surface area (Å²) in [7, 11) is -3.10. The Hall–Kier alpha value is -6.47. The van der Waals surface area contributed by atoms with E-state index >= 15 is 0 Å². The molecule has 4 aromatic rings. The molecule has 3 aliphatic rings. The van der Waals surface area contributed by atoms with Crippen LogP contribution in [0.1, 0.15) is 83.6 Å². The molecule has 0 radical (unpaired) electrons. The first kappa shape index (κ1) is 47.5. The van der Waals surface area contributed by atoms with Crippen molar-refractivity contribution in [1.82, 2.24) is 19.7 Å². The van der Waals surface area contributed by atoms with Gasteiger partial charge in [0, 0.05) is 50.4 Å². The summed E-state index contributed by atoms with van der Waals surface area (Å²) < 4.78 is 75.8. The smallest absolute Gasteiger partial charge is 0.451 e. The molecule has 4 atom stereocenters. The number of esters is 1. The highest BCUT2D eigenvalue weighted by Gasteiger charge is 2.54. The van der Waals surface area contributed by atoms with E-state index in [1.165, 1.54) is 24.7 Å². The Kier molecular flexibility index (Phi) is 14.7. The number of nitrogens with one attached hydrogen (secondary N) is 1. The number of phosphoric acid groups is 1. The summed E-state index contributed by atoms with van der Waals surface area (Å²) >= 11 is 0. The molecule has 0 aliphatic carbocycles. The lowest BCUT2D eigenvalue weighted by Gasteiger charge is -2.42. The van der Waals surface area contributed by atoms with Gasteiger partial charge in [0.25, 0.3) is 11.8 Å². The van der Waals surface area contributed by atoms with Gasteiger partial charge in [0.1, 0.15) is 23.2 Å². The number of hydrogen-bond donors (Lipinski definition) is 1. The van der Waals surface area contributed by atoms with Crippen molar-refractivity contribution in [2.45, 2.75) is 83.5 Å². The molecule has 3 aromatic carbocycles. The molecule has 1 saturated heterocycles. The van der Waals surface area contributed by atoms with Gasteiger partial charge in [0.2, 0.25) is 24.8 Å². The number of nitrogens with zero attached hydrogens (tertiary/aromatic N) is 4. The van der Waals surface area contributed by atoms with Crippen LogP contribution in [0.15, 0.2) is 95.0 Å². The third-order valence-electron chi connectivity index (χ3n) is 11.6. The van der Waals surface area contributed by atoms with Crippen LogP contribution in [0, 0.1) is 11.6 Å². The zero-order valence-electron chi connectivity index (χ0n) is 36.5. The molecule has 4 heterocycles. The lowest BCUT2D eigenvalue weighted by Crippen LogP contribution is -2.52. The Morgan fingerprint density at radius 1 is 0.970 bits per heavy atom. The number of hydrogen-bond acceptors (Lipinski definition) is 14. The fraction of sp³-hybridized carbons (Fsp3) is 0.378. The quantitative estimate of drug-likeness (QED) is 0.0673. The van der Waals surface area contributed by atoms with Gasteiger partial charge >= 0.3 is 19.9 Å². The van der Waals surface area contributed by atoms with Gasteiger partial charge in [0.15, 0.2) is 11.3 Å². The molecule has 1 N–H and O–H groups in total.